The summed E-state index contributed by atoms with van der Waals surface area (Å²) in [6.45, 7) is 1.90. The number of carbonyl (C=O) groups is 2. The van der Waals surface area contributed by atoms with E-state index in [1.807, 2.05) is 12.1 Å². The van der Waals surface area contributed by atoms with E-state index in [0.29, 0.717) is 18.2 Å². The van der Waals surface area contributed by atoms with E-state index < -0.39 is 23.6 Å². The Bertz CT molecular complexity index is 792. The highest BCUT2D eigenvalue weighted by molar-refractivity contribution is 6.03. The highest BCUT2D eigenvalue weighted by Gasteiger charge is 2.33. The fraction of sp³-hybridized carbons (Fsp3) is 0.176. The average molecular weight is 316 g/mol. The lowest BCUT2D eigenvalue weighted by atomic mass is 10.1. The van der Waals surface area contributed by atoms with E-state index in [-0.39, 0.29) is 11.6 Å². The first-order valence-electron chi connectivity index (χ1n) is 7.12. The topological polar surface area (TPSA) is 49.4 Å². The fourth-order valence-electron chi connectivity index (χ4n) is 2.56. The van der Waals surface area contributed by atoms with E-state index >= 15 is 0 Å². The number of benzene rings is 2. The lowest BCUT2D eigenvalue weighted by molar-refractivity contribution is -0.120. The summed E-state index contributed by atoms with van der Waals surface area (Å²) in [6, 6.07) is 9.25. The molecule has 3 rings (SSSR count). The van der Waals surface area contributed by atoms with Gasteiger partial charge in [0.25, 0.3) is 5.91 Å². The number of rotatable bonds is 3. The number of fused-ring (bicyclic) bond motifs is 1. The standard InChI is InChI=1S/C17H14F2N2O2/c1-10(16(22)20-15-7-6-12(18)8-14(15)19)21-9-11-4-2-3-5-13(11)17(21)23/h2-8,10H,9H2,1H3,(H,20,22)/t10-/m1/s1. The van der Waals surface area contributed by atoms with Gasteiger partial charge in [0.2, 0.25) is 5.91 Å². The Hall–Kier alpha value is -2.76. The molecule has 0 saturated carbocycles. The highest BCUT2D eigenvalue weighted by atomic mass is 19.1. The maximum Gasteiger partial charge on any atom is 0.255 e. The Morgan fingerprint density at radius 1 is 1.22 bits per heavy atom. The van der Waals surface area contributed by atoms with Gasteiger partial charge in [0, 0.05) is 18.2 Å². The maximum atomic E-state index is 13.6. The molecule has 118 valence electrons. The number of halogens is 2. The summed E-state index contributed by atoms with van der Waals surface area (Å²) in [5.74, 6) is -2.35. The van der Waals surface area contributed by atoms with Crippen LogP contribution in [-0.4, -0.2) is 22.8 Å². The van der Waals surface area contributed by atoms with Crippen molar-refractivity contribution in [2.75, 3.05) is 5.32 Å². The molecule has 0 saturated heterocycles. The average Bonchev–Trinajstić information content (AvgIpc) is 2.87. The number of amides is 2. The largest absolute Gasteiger partial charge is 0.323 e. The molecular weight excluding hydrogens is 302 g/mol. The second kappa shape index (κ2) is 5.79. The van der Waals surface area contributed by atoms with Crippen LogP contribution in [0.15, 0.2) is 42.5 Å². The molecule has 4 nitrogen and oxygen atoms in total. The molecule has 23 heavy (non-hydrogen) atoms. The lowest BCUT2D eigenvalue weighted by Crippen LogP contribution is -2.42. The molecule has 1 atom stereocenters. The molecule has 1 aliphatic heterocycles. The molecule has 1 N–H and O–H groups in total. The predicted molar refractivity (Wildman–Crippen MR) is 80.8 cm³/mol. The number of hydrogen-bond donors (Lipinski definition) is 1. The second-order valence-corrected chi connectivity index (χ2v) is 5.38. The first-order chi connectivity index (χ1) is 11.0. The molecule has 0 unspecified atom stereocenters. The van der Waals surface area contributed by atoms with E-state index in [4.69, 9.17) is 0 Å². The van der Waals surface area contributed by atoms with Crippen molar-refractivity contribution in [3.63, 3.8) is 0 Å². The van der Waals surface area contributed by atoms with Gasteiger partial charge in [-0.2, -0.15) is 0 Å². The Morgan fingerprint density at radius 3 is 2.65 bits per heavy atom. The van der Waals surface area contributed by atoms with Gasteiger partial charge in [-0.25, -0.2) is 8.78 Å². The van der Waals surface area contributed by atoms with E-state index in [1.165, 1.54) is 4.90 Å². The van der Waals surface area contributed by atoms with E-state index in [2.05, 4.69) is 5.32 Å². The molecule has 0 fully saturated rings. The van der Waals surface area contributed by atoms with Crippen LogP contribution < -0.4 is 5.32 Å². The fourth-order valence-corrected chi connectivity index (χ4v) is 2.56. The van der Waals surface area contributed by atoms with Gasteiger partial charge in [0.05, 0.1) is 5.69 Å². The molecule has 1 aliphatic rings. The van der Waals surface area contributed by atoms with Crippen molar-refractivity contribution in [3.8, 4) is 0 Å². The zero-order chi connectivity index (χ0) is 16.6. The minimum atomic E-state index is -0.860. The number of nitrogens with zero attached hydrogens (tertiary/aromatic N) is 1. The summed E-state index contributed by atoms with van der Waals surface area (Å²) >= 11 is 0. The van der Waals surface area contributed by atoms with Crippen LogP contribution in [0.4, 0.5) is 14.5 Å². The Balaban J connectivity index is 1.75. The monoisotopic (exact) mass is 316 g/mol. The number of hydrogen-bond acceptors (Lipinski definition) is 2. The van der Waals surface area contributed by atoms with Gasteiger partial charge in [-0.1, -0.05) is 18.2 Å². The number of nitrogens with one attached hydrogen (secondary N) is 1. The van der Waals surface area contributed by atoms with Crippen LogP contribution in [-0.2, 0) is 11.3 Å². The van der Waals surface area contributed by atoms with Gasteiger partial charge in [0.1, 0.15) is 17.7 Å². The van der Waals surface area contributed by atoms with Crippen LogP contribution in [0, 0.1) is 11.6 Å². The molecule has 6 heteroatoms. The van der Waals surface area contributed by atoms with Crippen LogP contribution in [0.3, 0.4) is 0 Å². The summed E-state index contributed by atoms with van der Waals surface area (Å²) in [7, 11) is 0. The van der Waals surface area contributed by atoms with Crippen LogP contribution in [0.5, 0.6) is 0 Å². The second-order valence-electron chi connectivity index (χ2n) is 5.38. The van der Waals surface area contributed by atoms with Crippen LogP contribution in [0.2, 0.25) is 0 Å². The van der Waals surface area contributed by atoms with E-state index in [0.717, 1.165) is 17.7 Å². The molecule has 1 heterocycles. The Kier molecular flexibility index (Phi) is 3.82. The molecular formula is C17H14F2N2O2. The van der Waals surface area contributed by atoms with Gasteiger partial charge in [-0.05, 0) is 30.7 Å². The SMILES string of the molecule is C[C@H](C(=O)Nc1ccc(F)cc1F)N1Cc2ccccc2C1=O. The maximum absolute atomic E-state index is 13.6. The van der Waals surface area contributed by atoms with E-state index in [1.54, 1.807) is 19.1 Å². The molecule has 0 spiro atoms. The third-order valence-electron chi connectivity index (χ3n) is 3.89. The summed E-state index contributed by atoms with van der Waals surface area (Å²) in [4.78, 5) is 26.0. The highest BCUT2D eigenvalue weighted by Crippen LogP contribution is 2.25. The van der Waals surface area contributed by atoms with Crippen molar-refractivity contribution in [2.45, 2.75) is 19.5 Å². The van der Waals surface area contributed by atoms with Gasteiger partial charge >= 0.3 is 0 Å². The lowest BCUT2D eigenvalue weighted by Gasteiger charge is -2.23. The number of carbonyl (C=O) groups excluding carboxylic acids is 2. The van der Waals surface area contributed by atoms with Crippen LogP contribution >= 0.6 is 0 Å². The van der Waals surface area contributed by atoms with Gasteiger partial charge < -0.3 is 10.2 Å². The summed E-state index contributed by atoms with van der Waals surface area (Å²) in [5, 5.41) is 2.39. The van der Waals surface area contributed by atoms with Crippen LogP contribution in [0.25, 0.3) is 0 Å². The van der Waals surface area contributed by atoms with Gasteiger partial charge in [0.15, 0.2) is 0 Å². The summed E-state index contributed by atoms with van der Waals surface area (Å²) in [5.41, 5.74) is 1.30. The van der Waals surface area contributed by atoms with Crippen molar-refractivity contribution < 1.29 is 18.4 Å². The first-order valence-corrected chi connectivity index (χ1v) is 7.12. The van der Waals surface area contributed by atoms with Crippen molar-refractivity contribution in [1.82, 2.24) is 4.90 Å². The van der Waals surface area contributed by atoms with Crippen molar-refractivity contribution in [3.05, 3.63) is 65.2 Å². The predicted octanol–water partition coefficient (Wildman–Crippen LogP) is 2.95. The molecule has 2 aromatic rings. The molecule has 0 bridgehead atoms. The molecule has 0 aromatic heterocycles. The molecule has 2 amide bonds. The summed E-state index contributed by atoms with van der Waals surface area (Å²) < 4.78 is 26.5. The minimum absolute atomic E-state index is 0.118. The van der Waals surface area contributed by atoms with Gasteiger partial charge in [-0.15, -0.1) is 0 Å². The van der Waals surface area contributed by atoms with Crippen molar-refractivity contribution >= 4 is 17.5 Å². The smallest absolute Gasteiger partial charge is 0.255 e. The van der Waals surface area contributed by atoms with Crippen molar-refractivity contribution in [1.29, 1.82) is 0 Å². The molecule has 0 radical (unpaired) electrons. The quantitative estimate of drug-likeness (QED) is 0.946. The first kappa shape index (κ1) is 15.1. The van der Waals surface area contributed by atoms with Crippen molar-refractivity contribution in [2.24, 2.45) is 0 Å². The Morgan fingerprint density at radius 2 is 1.96 bits per heavy atom. The molecule has 0 aliphatic carbocycles. The Labute approximate surface area is 131 Å². The molecule has 2 aromatic carbocycles. The van der Waals surface area contributed by atoms with Crippen LogP contribution in [0.1, 0.15) is 22.8 Å². The normalized spacial score (nSPS) is 14.6. The number of anilines is 1. The third-order valence-corrected chi connectivity index (χ3v) is 3.89. The van der Waals surface area contributed by atoms with Gasteiger partial charge in [-0.3, -0.25) is 9.59 Å². The summed E-state index contributed by atoms with van der Waals surface area (Å²) in [6.07, 6.45) is 0. The third kappa shape index (κ3) is 2.79. The minimum Gasteiger partial charge on any atom is -0.323 e. The zero-order valence-corrected chi connectivity index (χ0v) is 12.3. The van der Waals surface area contributed by atoms with E-state index in [9.17, 15) is 18.4 Å². The zero-order valence-electron chi connectivity index (χ0n) is 12.3.